The number of aliphatic imine (C=N–C) groups is 1. The van der Waals surface area contributed by atoms with Gasteiger partial charge < -0.3 is 24.1 Å². The predicted molar refractivity (Wildman–Crippen MR) is 169 cm³/mol. The number of hydrogen-bond donors (Lipinski definition) is 1. The number of sulfonamides is 1. The maximum Gasteiger partial charge on any atom is 0.437 e. The first-order chi connectivity index (χ1) is 20.7. The van der Waals surface area contributed by atoms with Gasteiger partial charge in [0.15, 0.2) is 0 Å². The minimum absolute atomic E-state index is 0.156. The van der Waals surface area contributed by atoms with Gasteiger partial charge in [0.05, 0.1) is 51.0 Å². The number of rotatable bonds is 7. The molecule has 234 valence electrons. The van der Waals surface area contributed by atoms with Gasteiger partial charge in [0.1, 0.15) is 24.2 Å². The van der Waals surface area contributed by atoms with E-state index in [0.29, 0.717) is 33.4 Å². The van der Waals surface area contributed by atoms with E-state index in [4.69, 9.17) is 25.8 Å². The Kier molecular flexibility index (Phi) is 8.64. The molecule has 4 heterocycles. The number of fused-ring (bicyclic) bond motifs is 1. The van der Waals surface area contributed by atoms with Crippen LogP contribution in [0.25, 0.3) is 21.6 Å². The molecule has 5 rings (SSSR count). The Bertz CT molecular complexity index is 1830. The highest BCUT2D eigenvalue weighted by Gasteiger charge is 2.45. The summed E-state index contributed by atoms with van der Waals surface area (Å²) in [6, 6.07) is 13.4. The lowest BCUT2D eigenvalue weighted by molar-refractivity contribution is 0.0602. The van der Waals surface area contributed by atoms with Crippen LogP contribution in [-0.2, 0) is 38.4 Å². The number of amides is 1. The zero-order chi connectivity index (χ0) is 31.9. The fraction of sp³-hybridized carbons (Fsp3) is 0.379. The number of halogens is 1. The number of benzene rings is 1. The molecule has 1 aliphatic heterocycles. The SMILES string of the molecule is COc1ncnc2cc(-c3cc(Cl)c([C@]4(C)CS(=O)(=O)N(C)/C(=N\C(=O)OC(C)(C)C)N4)s3)n(COCc3ccccc3)c12. The van der Waals surface area contributed by atoms with Gasteiger partial charge in [-0.15, -0.1) is 16.3 Å². The second-order valence-corrected chi connectivity index (χ2v) is 14.9. The fourth-order valence-corrected chi connectivity index (χ4v) is 8.05. The molecule has 1 amide bonds. The largest absolute Gasteiger partial charge is 0.479 e. The Labute approximate surface area is 264 Å². The van der Waals surface area contributed by atoms with E-state index in [2.05, 4.69) is 20.3 Å². The molecule has 0 spiro atoms. The Hall–Kier alpha value is -3.72. The van der Waals surface area contributed by atoms with Crippen molar-refractivity contribution in [3.63, 3.8) is 0 Å². The van der Waals surface area contributed by atoms with Crippen molar-refractivity contribution in [3.8, 4) is 16.5 Å². The average molecular weight is 661 g/mol. The molecule has 1 aromatic carbocycles. The van der Waals surface area contributed by atoms with Crippen LogP contribution in [0, 0.1) is 0 Å². The Balaban J connectivity index is 1.54. The molecule has 1 aliphatic rings. The highest BCUT2D eigenvalue weighted by Crippen LogP contribution is 2.44. The summed E-state index contributed by atoms with van der Waals surface area (Å²) in [6.07, 6.45) is 0.506. The van der Waals surface area contributed by atoms with Gasteiger partial charge in [-0.1, -0.05) is 41.9 Å². The van der Waals surface area contributed by atoms with Crippen LogP contribution in [0.1, 0.15) is 38.1 Å². The van der Waals surface area contributed by atoms with Crippen LogP contribution in [0.5, 0.6) is 5.88 Å². The lowest BCUT2D eigenvalue weighted by Crippen LogP contribution is -2.61. The van der Waals surface area contributed by atoms with E-state index in [1.54, 1.807) is 33.8 Å². The maximum absolute atomic E-state index is 13.3. The third kappa shape index (κ3) is 6.53. The molecular weight excluding hydrogens is 628 g/mol. The number of hydrogen-bond acceptors (Lipinski definition) is 9. The van der Waals surface area contributed by atoms with Crippen molar-refractivity contribution in [2.24, 2.45) is 4.99 Å². The molecule has 1 N–H and O–H groups in total. The highest BCUT2D eigenvalue weighted by molar-refractivity contribution is 7.89. The number of aromatic nitrogens is 3. The van der Waals surface area contributed by atoms with Crippen LogP contribution in [0.3, 0.4) is 0 Å². The number of ether oxygens (including phenoxy) is 3. The lowest BCUT2D eigenvalue weighted by atomic mass is 10.0. The first-order valence-electron chi connectivity index (χ1n) is 13.6. The van der Waals surface area contributed by atoms with Gasteiger partial charge in [0.2, 0.25) is 21.9 Å². The summed E-state index contributed by atoms with van der Waals surface area (Å²) in [5, 5.41) is 3.48. The molecule has 0 aliphatic carbocycles. The van der Waals surface area contributed by atoms with E-state index in [9.17, 15) is 13.2 Å². The normalized spacial score (nSPS) is 19.2. The number of nitrogens with one attached hydrogen (secondary N) is 1. The van der Waals surface area contributed by atoms with Crippen LogP contribution in [0.2, 0.25) is 5.02 Å². The number of carbonyl (C=O) groups is 1. The summed E-state index contributed by atoms with van der Waals surface area (Å²) in [5.74, 6) is -0.112. The standard InChI is InChI=1S/C29H33ClN6O6S2/c1-28(2,3)42-27(37)33-26-34-29(4,15-44(38,39)35(26)5)24-19(30)12-22(43-24)21-13-20-23(25(40-6)32-16-31-20)36(21)17-41-14-18-10-8-7-9-11-18/h7-13,16H,14-15,17H2,1-6H3,(H,33,34,37)/t29-/m0/s1. The first-order valence-corrected chi connectivity index (χ1v) is 16.4. The van der Waals surface area contributed by atoms with E-state index < -0.39 is 27.3 Å². The molecule has 44 heavy (non-hydrogen) atoms. The molecule has 1 fully saturated rings. The third-order valence-electron chi connectivity index (χ3n) is 6.78. The van der Waals surface area contributed by atoms with E-state index >= 15 is 0 Å². The summed E-state index contributed by atoms with van der Waals surface area (Å²) in [5.41, 5.74) is 0.998. The van der Waals surface area contributed by atoms with Crippen molar-refractivity contribution < 1.29 is 27.4 Å². The summed E-state index contributed by atoms with van der Waals surface area (Å²) < 4.78 is 46.3. The summed E-state index contributed by atoms with van der Waals surface area (Å²) in [4.78, 5) is 26.4. The number of nitrogens with zero attached hydrogens (tertiary/aromatic N) is 5. The number of carbonyl (C=O) groups excluding carboxylic acids is 1. The molecular formula is C29H33ClN6O6S2. The number of thiophene rings is 1. The van der Waals surface area contributed by atoms with Gasteiger partial charge in [-0.2, -0.15) is 4.98 Å². The van der Waals surface area contributed by atoms with Crippen LogP contribution in [-0.4, -0.2) is 64.8 Å². The van der Waals surface area contributed by atoms with E-state index in [1.807, 2.05) is 41.0 Å². The van der Waals surface area contributed by atoms with Crippen LogP contribution in [0.4, 0.5) is 4.79 Å². The monoisotopic (exact) mass is 660 g/mol. The lowest BCUT2D eigenvalue weighted by Gasteiger charge is -2.39. The molecule has 4 aromatic rings. The third-order valence-corrected chi connectivity index (χ3v) is 10.6. The smallest absolute Gasteiger partial charge is 0.437 e. The zero-order valence-electron chi connectivity index (χ0n) is 25.1. The number of guanidine groups is 1. The van der Waals surface area contributed by atoms with Gasteiger partial charge in [-0.3, -0.25) is 0 Å². The van der Waals surface area contributed by atoms with E-state index in [1.165, 1.54) is 31.8 Å². The molecule has 3 aromatic heterocycles. The quantitative estimate of drug-likeness (QED) is 0.277. The van der Waals surface area contributed by atoms with Crippen LogP contribution < -0.4 is 10.1 Å². The topological polar surface area (TPSA) is 137 Å². The highest BCUT2D eigenvalue weighted by atomic mass is 35.5. The van der Waals surface area contributed by atoms with Gasteiger partial charge >= 0.3 is 6.09 Å². The van der Waals surface area contributed by atoms with Gasteiger partial charge in [-0.25, -0.2) is 22.5 Å². The second-order valence-electron chi connectivity index (χ2n) is 11.4. The Morgan fingerprint density at radius 3 is 2.61 bits per heavy atom. The van der Waals surface area contributed by atoms with Crippen LogP contribution in [0.15, 0.2) is 53.8 Å². The van der Waals surface area contributed by atoms with Crippen molar-refractivity contribution in [2.45, 2.75) is 52.2 Å². The van der Waals surface area contributed by atoms with Crippen molar-refractivity contribution in [3.05, 3.63) is 64.3 Å². The van der Waals surface area contributed by atoms with Crippen molar-refractivity contribution in [2.75, 3.05) is 19.9 Å². The molecule has 1 saturated heterocycles. The maximum atomic E-state index is 13.3. The van der Waals surface area contributed by atoms with E-state index in [-0.39, 0.29) is 18.4 Å². The molecule has 0 bridgehead atoms. The molecule has 0 radical (unpaired) electrons. The molecule has 1 atom stereocenters. The summed E-state index contributed by atoms with van der Waals surface area (Å²) in [7, 11) is -1.02. The minimum Gasteiger partial charge on any atom is -0.479 e. The molecule has 12 nitrogen and oxygen atoms in total. The fourth-order valence-electron chi connectivity index (χ4n) is 4.80. The first kappa shape index (κ1) is 31.7. The molecule has 0 unspecified atom stereocenters. The van der Waals surface area contributed by atoms with Crippen molar-refractivity contribution in [1.29, 1.82) is 0 Å². The molecule has 0 saturated carbocycles. The Morgan fingerprint density at radius 1 is 1.20 bits per heavy atom. The predicted octanol–water partition coefficient (Wildman–Crippen LogP) is 5.37. The molecule has 15 heteroatoms. The van der Waals surface area contributed by atoms with Crippen molar-refractivity contribution in [1.82, 2.24) is 24.2 Å². The minimum atomic E-state index is -3.88. The van der Waals surface area contributed by atoms with E-state index in [0.717, 1.165) is 20.4 Å². The zero-order valence-corrected chi connectivity index (χ0v) is 27.5. The van der Waals surface area contributed by atoms with Crippen molar-refractivity contribution >= 4 is 56.0 Å². The van der Waals surface area contributed by atoms with Gasteiger partial charge in [0.25, 0.3) is 0 Å². The number of methoxy groups -OCH3 is 1. The average Bonchev–Trinajstić information content (AvgIpc) is 3.52. The van der Waals surface area contributed by atoms with Crippen LogP contribution >= 0.6 is 22.9 Å². The van der Waals surface area contributed by atoms with Gasteiger partial charge in [0, 0.05) is 7.05 Å². The summed E-state index contributed by atoms with van der Waals surface area (Å²) in [6.45, 7) is 7.33. The second kappa shape index (κ2) is 12.0. The summed E-state index contributed by atoms with van der Waals surface area (Å²) >= 11 is 8.13. The Morgan fingerprint density at radius 2 is 1.93 bits per heavy atom. The van der Waals surface area contributed by atoms with Gasteiger partial charge in [-0.05, 0) is 45.4 Å².